The van der Waals surface area contributed by atoms with E-state index in [-0.39, 0.29) is 24.4 Å². The summed E-state index contributed by atoms with van der Waals surface area (Å²) in [4.78, 5) is 13.8. The SMILES string of the molecule is Cc1cccc(CSCC(=O)N(C)CCC(N)C(C)C)c1.Cl. The second-order valence-corrected chi connectivity index (χ2v) is 6.98. The van der Waals surface area contributed by atoms with E-state index in [1.807, 2.05) is 7.05 Å². The van der Waals surface area contributed by atoms with Gasteiger partial charge in [-0.3, -0.25) is 4.79 Å². The highest BCUT2D eigenvalue weighted by atomic mass is 35.5. The molecule has 3 nitrogen and oxygen atoms in total. The Hall–Kier alpha value is -0.710. The zero-order valence-electron chi connectivity index (χ0n) is 14.0. The van der Waals surface area contributed by atoms with Crippen LogP contribution in [0, 0.1) is 12.8 Å². The third kappa shape index (κ3) is 8.06. The summed E-state index contributed by atoms with van der Waals surface area (Å²) >= 11 is 1.67. The molecule has 126 valence electrons. The summed E-state index contributed by atoms with van der Waals surface area (Å²) in [6, 6.07) is 8.59. The van der Waals surface area contributed by atoms with E-state index in [0.29, 0.717) is 11.7 Å². The molecular weight excluding hydrogens is 316 g/mol. The maximum Gasteiger partial charge on any atom is 0.232 e. The molecule has 0 heterocycles. The fraction of sp³-hybridized carbons (Fsp3) is 0.588. The standard InChI is InChI=1S/C17H28N2OS.ClH/c1-13(2)16(18)8-9-19(4)17(20)12-21-11-15-7-5-6-14(3)10-15;/h5-7,10,13,16H,8-9,11-12,18H2,1-4H3;1H. The lowest BCUT2D eigenvalue weighted by atomic mass is 10.0. The van der Waals surface area contributed by atoms with Crippen molar-refractivity contribution >= 4 is 30.1 Å². The second-order valence-electron chi connectivity index (χ2n) is 5.99. The highest BCUT2D eigenvalue weighted by Crippen LogP contribution is 2.14. The van der Waals surface area contributed by atoms with Gasteiger partial charge in [-0.2, -0.15) is 0 Å². The van der Waals surface area contributed by atoms with E-state index in [0.717, 1.165) is 18.7 Å². The van der Waals surface area contributed by atoms with Crippen LogP contribution in [0.5, 0.6) is 0 Å². The summed E-state index contributed by atoms with van der Waals surface area (Å²) in [6.07, 6.45) is 0.864. The quantitative estimate of drug-likeness (QED) is 0.785. The van der Waals surface area contributed by atoms with Crippen molar-refractivity contribution in [1.82, 2.24) is 4.90 Å². The van der Waals surface area contributed by atoms with E-state index >= 15 is 0 Å². The van der Waals surface area contributed by atoms with Crippen LogP contribution < -0.4 is 5.73 Å². The van der Waals surface area contributed by atoms with Gasteiger partial charge >= 0.3 is 0 Å². The number of carbonyl (C=O) groups is 1. The molecule has 0 spiro atoms. The molecule has 2 N–H and O–H groups in total. The number of nitrogens with zero attached hydrogens (tertiary/aromatic N) is 1. The molecule has 0 saturated carbocycles. The molecular formula is C17H29ClN2OS. The number of nitrogens with two attached hydrogens (primary N) is 1. The van der Waals surface area contributed by atoms with E-state index in [1.54, 1.807) is 16.7 Å². The van der Waals surface area contributed by atoms with Crippen molar-refractivity contribution in [3.63, 3.8) is 0 Å². The molecule has 0 saturated heterocycles. The second kappa shape index (κ2) is 10.9. The molecule has 0 bridgehead atoms. The van der Waals surface area contributed by atoms with E-state index < -0.39 is 0 Å². The molecule has 0 aliphatic rings. The van der Waals surface area contributed by atoms with Gasteiger partial charge in [0.1, 0.15) is 0 Å². The number of halogens is 1. The number of aryl methyl sites for hydroxylation is 1. The van der Waals surface area contributed by atoms with Crippen molar-refractivity contribution in [2.75, 3.05) is 19.3 Å². The normalized spacial score (nSPS) is 11.9. The Labute approximate surface area is 145 Å². The molecule has 0 aromatic heterocycles. The monoisotopic (exact) mass is 344 g/mol. The van der Waals surface area contributed by atoms with Gasteiger partial charge in [-0.25, -0.2) is 0 Å². The van der Waals surface area contributed by atoms with Crippen LogP contribution in [0.25, 0.3) is 0 Å². The Morgan fingerprint density at radius 3 is 2.64 bits per heavy atom. The molecule has 0 aliphatic carbocycles. The van der Waals surface area contributed by atoms with Gasteiger partial charge in [-0.1, -0.05) is 43.7 Å². The Bertz CT molecular complexity index is 454. The van der Waals surface area contributed by atoms with Crippen molar-refractivity contribution in [3.8, 4) is 0 Å². The van der Waals surface area contributed by atoms with E-state index in [9.17, 15) is 4.79 Å². The number of hydrogen-bond donors (Lipinski definition) is 1. The van der Waals surface area contributed by atoms with E-state index in [4.69, 9.17) is 5.73 Å². The third-order valence-corrected chi connectivity index (χ3v) is 4.65. The van der Waals surface area contributed by atoms with E-state index in [1.165, 1.54) is 11.1 Å². The summed E-state index contributed by atoms with van der Waals surface area (Å²) in [7, 11) is 1.86. The highest BCUT2D eigenvalue weighted by molar-refractivity contribution is 7.99. The molecule has 22 heavy (non-hydrogen) atoms. The lowest BCUT2D eigenvalue weighted by Crippen LogP contribution is -2.35. The molecule has 1 aromatic rings. The van der Waals surface area contributed by atoms with Gasteiger partial charge in [-0.05, 0) is 24.8 Å². The molecule has 1 atom stereocenters. The van der Waals surface area contributed by atoms with Gasteiger partial charge in [-0.15, -0.1) is 24.2 Å². The van der Waals surface area contributed by atoms with Crippen LogP contribution in [0.3, 0.4) is 0 Å². The number of amides is 1. The Balaban J connectivity index is 0.00000441. The predicted molar refractivity (Wildman–Crippen MR) is 99.7 cm³/mol. The Morgan fingerprint density at radius 1 is 1.36 bits per heavy atom. The lowest BCUT2D eigenvalue weighted by Gasteiger charge is -2.21. The topological polar surface area (TPSA) is 46.3 Å². The molecule has 1 amide bonds. The maximum atomic E-state index is 12.0. The first-order chi connectivity index (χ1) is 9.90. The van der Waals surface area contributed by atoms with Gasteiger partial charge < -0.3 is 10.6 Å². The number of hydrogen-bond acceptors (Lipinski definition) is 3. The maximum absolute atomic E-state index is 12.0. The van der Waals surface area contributed by atoms with E-state index in [2.05, 4.69) is 45.0 Å². The minimum atomic E-state index is 0. The molecule has 5 heteroatoms. The number of benzene rings is 1. The van der Waals surface area contributed by atoms with Gasteiger partial charge in [0.05, 0.1) is 5.75 Å². The molecule has 1 unspecified atom stereocenters. The lowest BCUT2D eigenvalue weighted by molar-refractivity contribution is -0.127. The third-order valence-electron chi connectivity index (χ3n) is 3.66. The largest absolute Gasteiger partial charge is 0.345 e. The predicted octanol–water partition coefficient (Wildman–Crippen LogP) is 3.48. The van der Waals surface area contributed by atoms with Gasteiger partial charge in [0.25, 0.3) is 0 Å². The average Bonchev–Trinajstić information content (AvgIpc) is 2.44. The summed E-state index contributed by atoms with van der Waals surface area (Å²) in [5, 5.41) is 0. The van der Waals surface area contributed by atoms with Crippen molar-refractivity contribution in [2.45, 2.75) is 39.0 Å². The van der Waals surface area contributed by atoms with Gasteiger partial charge in [0.2, 0.25) is 5.91 Å². The van der Waals surface area contributed by atoms with Crippen LogP contribution in [0.15, 0.2) is 24.3 Å². The smallest absolute Gasteiger partial charge is 0.232 e. The molecule has 1 aromatic carbocycles. The fourth-order valence-electron chi connectivity index (χ4n) is 1.97. The first kappa shape index (κ1) is 21.3. The Morgan fingerprint density at radius 2 is 2.05 bits per heavy atom. The first-order valence-corrected chi connectivity index (χ1v) is 8.68. The zero-order valence-corrected chi connectivity index (χ0v) is 15.7. The average molecular weight is 345 g/mol. The van der Waals surface area contributed by atoms with Crippen LogP contribution in [0.4, 0.5) is 0 Å². The van der Waals surface area contributed by atoms with Gasteiger partial charge in [0.15, 0.2) is 0 Å². The molecule has 0 radical (unpaired) electrons. The highest BCUT2D eigenvalue weighted by Gasteiger charge is 2.12. The minimum absolute atomic E-state index is 0. The minimum Gasteiger partial charge on any atom is -0.345 e. The van der Waals surface area contributed by atoms with Crippen molar-refractivity contribution in [1.29, 1.82) is 0 Å². The zero-order chi connectivity index (χ0) is 15.8. The first-order valence-electron chi connectivity index (χ1n) is 7.53. The number of rotatable bonds is 8. The van der Waals surface area contributed by atoms with Crippen molar-refractivity contribution < 1.29 is 4.79 Å². The molecule has 0 aliphatic heterocycles. The van der Waals surface area contributed by atoms with Crippen molar-refractivity contribution in [2.24, 2.45) is 11.7 Å². The number of carbonyl (C=O) groups excluding carboxylic acids is 1. The molecule has 0 fully saturated rings. The van der Waals surface area contributed by atoms with Crippen LogP contribution in [0.2, 0.25) is 0 Å². The van der Waals surface area contributed by atoms with Crippen molar-refractivity contribution in [3.05, 3.63) is 35.4 Å². The van der Waals surface area contributed by atoms with Crippen LogP contribution in [-0.4, -0.2) is 36.2 Å². The van der Waals surface area contributed by atoms with Gasteiger partial charge in [0, 0.05) is 25.4 Å². The van der Waals surface area contributed by atoms with Crippen LogP contribution >= 0.6 is 24.2 Å². The van der Waals surface area contributed by atoms with Crippen LogP contribution in [0.1, 0.15) is 31.4 Å². The van der Waals surface area contributed by atoms with Crippen LogP contribution in [-0.2, 0) is 10.5 Å². The summed E-state index contributed by atoms with van der Waals surface area (Å²) in [6.45, 7) is 7.06. The summed E-state index contributed by atoms with van der Waals surface area (Å²) in [5.74, 6) is 2.06. The number of thioether (sulfide) groups is 1. The Kier molecular flexibility index (Phi) is 10.6. The fourth-order valence-corrected chi connectivity index (χ4v) is 2.88. The summed E-state index contributed by atoms with van der Waals surface area (Å²) in [5.41, 5.74) is 8.55. The summed E-state index contributed by atoms with van der Waals surface area (Å²) < 4.78 is 0. The molecule has 1 rings (SSSR count).